The van der Waals surface area contributed by atoms with Crippen LogP contribution in [-0.2, 0) is 0 Å². The molecule has 2 nitrogen and oxygen atoms in total. The molecule has 0 unspecified atom stereocenters. The summed E-state index contributed by atoms with van der Waals surface area (Å²) >= 11 is 3.19. The molecule has 0 saturated carbocycles. The Kier molecular flexibility index (Phi) is 5.70. The summed E-state index contributed by atoms with van der Waals surface area (Å²) in [6.07, 6.45) is 0.226. The van der Waals surface area contributed by atoms with Gasteiger partial charge in [0, 0.05) is 10.5 Å². The lowest BCUT2D eigenvalue weighted by molar-refractivity contribution is 0.623. The molecule has 5 heteroatoms. The second kappa shape index (κ2) is 5.97. The van der Waals surface area contributed by atoms with Crippen LogP contribution in [0.4, 0.5) is 4.39 Å². The molecule has 0 aliphatic carbocycles. The van der Waals surface area contributed by atoms with Crippen LogP contribution in [-0.4, -0.2) is 0 Å². The highest BCUT2D eigenvalue weighted by molar-refractivity contribution is 9.10. The minimum absolute atomic E-state index is 0. The van der Waals surface area contributed by atoms with Gasteiger partial charge in [0.1, 0.15) is 5.82 Å². The molecular formula is C9H9BrClFN2. The third-order valence-corrected chi connectivity index (χ3v) is 2.36. The number of nitrogens with two attached hydrogens (primary N) is 1. The lowest BCUT2D eigenvalue weighted by Crippen LogP contribution is -2.09. The monoisotopic (exact) mass is 278 g/mol. The minimum atomic E-state index is -0.361. The highest BCUT2D eigenvalue weighted by atomic mass is 79.9. The molecule has 0 spiro atoms. The summed E-state index contributed by atoms with van der Waals surface area (Å²) in [4.78, 5) is 0. The van der Waals surface area contributed by atoms with Crippen LogP contribution in [0.15, 0.2) is 22.7 Å². The lowest BCUT2D eigenvalue weighted by Gasteiger charge is -2.09. The topological polar surface area (TPSA) is 49.8 Å². The molecule has 0 aliphatic rings. The Morgan fingerprint density at radius 2 is 2.21 bits per heavy atom. The third-order valence-electron chi connectivity index (χ3n) is 1.67. The van der Waals surface area contributed by atoms with Gasteiger partial charge in [0.2, 0.25) is 0 Å². The fourth-order valence-electron chi connectivity index (χ4n) is 1.01. The van der Waals surface area contributed by atoms with E-state index in [0.29, 0.717) is 4.47 Å². The Morgan fingerprint density at radius 3 is 2.71 bits per heavy atom. The quantitative estimate of drug-likeness (QED) is 0.905. The molecule has 2 N–H and O–H groups in total. The predicted molar refractivity (Wildman–Crippen MR) is 58.5 cm³/mol. The Labute approximate surface area is 96.4 Å². The summed E-state index contributed by atoms with van der Waals surface area (Å²) in [5.74, 6) is -0.320. The lowest BCUT2D eigenvalue weighted by atomic mass is 10.1. The van der Waals surface area contributed by atoms with E-state index in [1.807, 2.05) is 6.07 Å². The van der Waals surface area contributed by atoms with E-state index in [0.717, 1.165) is 5.56 Å². The van der Waals surface area contributed by atoms with Gasteiger partial charge in [-0.2, -0.15) is 5.26 Å². The Hall–Kier alpha value is -0.630. The van der Waals surface area contributed by atoms with Crippen molar-refractivity contribution in [3.8, 4) is 6.07 Å². The van der Waals surface area contributed by atoms with Gasteiger partial charge >= 0.3 is 0 Å². The van der Waals surface area contributed by atoms with Crippen molar-refractivity contribution in [2.75, 3.05) is 0 Å². The van der Waals surface area contributed by atoms with E-state index in [4.69, 9.17) is 11.0 Å². The molecule has 0 aliphatic heterocycles. The average molecular weight is 280 g/mol. The zero-order valence-corrected chi connectivity index (χ0v) is 9.61. The van der Waals surface area contributed by atoms with Gasteiger partial charge in [-0.1, -0.05) is 22.0 Å². The standard InChI is InChI=1S/C9H8BrFN2.ClH/c10-8-5-6(11)1-2-7(8)9(13)3-4-12;/h1-2,5,9H,3,13H2;1H/t9-;/m0./s1. The van der Waals surface area contributed by atoms with Crippen LogP contribution >= 0.6 is 28.3 Å². The van der Waals surface area contributed by atoms with E-state index < -0.39 is 0 Å². The van der Waals surface area contributed by atoms with Crippen molar-refractivity contribution in [2.24, 2.45) is 5.73 Å². The van der Waals surface area contributed by atoms with Gasteiger partial charge in [0.15, 0.2) is 0 Å². The first-order chi connectivity index (χ1) is 6.15. The summed E-state index contributed by atoms with van der Waals surface area (Å²) < 4.78 is 13.3. The highest BCUT2D eigenvalue weighted by Crippen LogP contribution is 2.24. The molecular weight excluding hydrogens is 270 g/mol. The van der Waals surface area contributed by atoms with Gasteiger partial charge in [0.05, 0.1) is 12.5 Å². The van der Waals surface area contributed by atoms with Gasteiger partial charge in [0.25, 0.3) is 0 Å². The van der Waals surface area contributed by atoms with Crippen molar-refractivity contribution in [1.29, 1.82) is 5.26 Å². The van der Waals surface area contributed by atoms with Crippen molar-refractivity contribution in [3.05, 3.63) is 34.1 Å². The SMILES string of the molecule is Cl.N#CC[C@H](N)c1ccc(F)cc1Br. The maximum Gasteiger partial charge on any atom is 0.124 e. The molecule has 1 aromatic carbocycles. The zero-order valence-electron chi connectivity index (χ0n) is 7.21. The Bertz CT molecular complexity index is 351. The largest absolute Gasteiger partial charge is 0.323 e. The van der Waals surface area contributed by atoms with Crippen LogP contribution in [0.25, 0.3) is 0 Å². The van der Waals surface area contributed by atoms with E-state index >= 15 is 0 Å². The first-order valence-electron chi connectivity index (χ1n) is 3.72. The van der Waals surface area contributed by atoms with Crippen LogP contribution in [0.3, 0.4) is 0 Å². The molecule has 1 rings (SSSR count). The molecule has 76 valence electrons. The van der Waals surface area contributed by atoms with E-state index in [9.17, 15) is 4.39 Å². The van der Waals surface area contributed by atoms with Gasteiger partial charge < -0.3 is 5.73 Å². The fourth-order valence-corrected chi connectivity index (χ4v) is 1.66. The normalized spacial score (nSPS) is 11.3. The molecule has 1 atom stereocenters. The van der Waals surface area contributed by atoms with Crippen LogP contribution < -0.4 is 5.73 Å². The minimum Gasteiger partial charge on any atom is -0.323 e. The summed E-state index contributed by atoms with van der Waals surface area (Å²) in [5.41, 5.74) is 6.43. The van der Waals surface area contributed by atoms with Crippen LogP contribution in [0.2, 0.25) is 0 Å². The zero-order chi connectivity index (χ0) is 9.84. The summed E-state index contributed by atoms with van der Waals surface area (Å²) in [6.45, 7) is 0. The van der Waals surface area contributed by atoms with Gasteiger partial charge in [-0.15, -0.1) is 12.4 Å². The molecule has 14 heavy (non-hydrogen) atoms. The number of hydrogen-bond donors (Lipinski definition) is 1. The smallest absolute Gasteiger partial charge is 0.124 e. The third kappa shape index (κ3) is 3.26. The molecule has 0 aromatic heterocycles. The van der Waals surface area contributed by atoms with Crippen molar-refractivity contribution >= 4 is 28.3 Å². The Balaban J connectivity index is 0.00000169. The van der Waals surface area contributed by atoms with Gasteiger partial charge in [-0.3, -0.25) is 0 Å². The second-order valence-corrected chi connectivity index (χ2v) is 3.49. The van der Waals surface area contributed by atoms with Gasteiger partial charge in [-0.05, 0) is 17.7 Å². The number of hydrogen-bond acceptors (Lipinski definition) is 2. The number of nitrogens with zero attached hydrogens (tertiary/aromatic N) is 1. The number of halogens is 3. The maximum atomic E-state index is 12.7. The van der Waals surface area contributed by atoms with Crippen LogP contribution in [0.5, 0.6) is 0 Å². The molecule has 0 bridgehead atoms. The van der Waals surface area contributed by atoms with Crippen molar-refractivity contribution in [1.82, 2.24) is 0 Å². The number of rotatable bonds is 2. The number of nitriles is 1. The van der Waals surface area contributed by atoms with Crippen LogP contribution in [0.1, 0.15) is 18.0 Å². The Morgan fingerprint density at radius 1 is 1.57 bits per heavy atom. The fraction of sp³-hybridized carbons (Fsp3) is 0.222. The predicted octanol–water partition coefficient (Wildman–Crippen LogP) is 2.92. The molecule has 0 saturated heterocycles. The highest BCUT2D eigenvalue weighted by Gasteiger charge is 2.09. The van der Waals surface area contributed by atoms with Crippen molar-refractivity contribution in [2.45, 2.75) is 12.5 Å². The van der Waals surface area contributed by atoms with E-state index in [-0.39, 0.29) is 30.7 Å². The summed E-state index contributed by atoms with van der Waals surface area (Å²) in [6, 6.07) is 5.86. The van der Waals surface area contributed by atoms with E-state index in [2.05, 4.69) is 15.9 Å². The van der Waals surface area contributed by atoms with E-state index in [1.165, 1.54) is 12.1 Å². The molecule has 1 aromatic rings. The van der Waals surface area contributed by atoms with Crippen LogP contribution in [0, 0.1) is 17.1 Å². The molecule has 0 amide bonds. The van der Waals surface area contributed by atoms with Crippen molar-refractivity contribution in [3.63, 3.8) is 0 Å². The first-order valence-corrected chi connectivity index (χ1v) is 4.52. The molecule has 0 heterocycles. The number of benzene rings is 1. The average Bonchev–Trinajstić information content (AvgIpc) is 2.04. The van der Waals surface area contributed by atoms with Crippen molar-refractivity contribution < 1.29 is 4.39 Å². The summed E-state index contributed by atoms with van der Waals surface area (Å²) in [5, 5.41) is 8.42. The van der Waals surface area contributed by atoms with E-state index in [1.54, 1.807) is 6.07 Å². The maximum absolute atomic E-state index is 12.7. The first kappa shape index (κ1) is 13.4. The van der Waals surface area contributed by atoms with Gasteiger partial charge in [-0.25, -0.2) is 4.39 Å². The molecule has 0 fully saturated rings. The summed E-state index contributed by atoms with van der Waals surface area (Å²) in [7, 11) is 0. The molecule has 0 radical (unpaired) electrons. The second-order valence-electron chi connectivity index (χ2n) is 2.63.